The lowest BCUT2D eigenvalue weighted by atomic mass is 9.98. The van der Waals surface area contributed by atoms with E-state index in [0.717, 1.165) is 32.6 Å². The van der Waals surface area contributed by atoms with Crippen molar-refractivity contribution in [1.29, 1.82) is 5.26 Å². The highest BCUT2D eigenvalue weighted by molar-refractivity contribution is 4.87. The third-order valence-electron chi connectivity index (χ3n) is 6.18. The Morgan fingerprint density at radius 2 is 1.24 bits per heavy atom. The van der Waals surface area contributed by atoms with E-state index in [1.807, 2.05) is 0 Å². The van der Waals surface area contributed by atoms with Crippen LogP contribution in [0.3, 0.4) is 0 Å². The van der Waals surface area contributed by atoms with Gasteiger partial charge >= 0.3 is 0 Å². The second kappa shape index (κ2) is 9.84. The Bertz CT molecular complexity index is 420. The fourth-order valence-corrected chi connectivity index (χ4v) is 4.23. The van der Waals surface area contributed by atoms with E-state index in [1.54, 1.807) is 0 Å². The lowest BCUT2D eigenvalue weighted by Crippen LogP contribution is -2.46. The minimum Gasteiger partial charge on any atom is -0.304 e. The minimum absolute atomic E-state index is 0.309. The lowest BCUT2D eigenvalue weighted by molar-refractivity contribution is 0.134. The summed E-state index contributed by atoms with van der Waals surface area (Å²) in [7, 11) is 2.22. The largest absolute Gasteiger partial charge is 0.304 e. The first-order valence-electron chi connectivity index (χ1n) is 10.2. The summed E-state index contributed by atoms with van der Waals surface area (Å²) in [6, 6.07) is 2.42. The zero-order chi connectivity index (χ0) is 17.5. The van der Waals surface area contributed by atoms with Gasteiger partial charge in [-0.05, 0) is 45.9 Å². The number of piperazine rings is 1. The molecule has 0 aromatic heterocycles. The van der Waals surface area contributed by atoms with E-state index in [1.165, 1.54) is 71.9 Å². The predicted molar refractivity (Wildman–Crippen MR) is 101 cm³/mol. The van der Waals surface area contributed by atoms with Gasteiger partial charge in [-0.3, -0.25) is 14.7 Å². The van der Waals surface area contributed by atoms with Crippen molar-refractivity contribution in [2.24, 2.45) is 5.92 Å². The topological polar surface area (TPSA) is 40.0 Å². The molecular formula is C19H36N6. The standard InChI is InChI=1S/C19H36N6/c1-21-9-11-23(12-10-21)13-14-25-16-15-24(18-25)6-2-5-22-7-3-19(17-20)4-8-22/h19H,2-16,18H2,1H3. The predicted octanol–water partition coefficient (Wildman–Crippen LogP) is 0.435. The molecule has 3 rings (SSSR count). The molecule has 0 spiro atoms. The van der Waals surface area contributed by atoms with Crippen LogP contribution in [0, 0.1) is 17.2 Å². The highest BCUT2D eigenvalue weighted by atomic mass is 15.4. The Kier molecular flexibility index (Phi) is 7.50. The summed E-state index contributed by atoms with van der Waals surface area (Å²) in [6.45, 7) is 15.7. The van der Waals surface area contributed by atoms with Gasteiger partial charge in [0, 0.05) is 64.8 Å². The Morgan fingerprint density at radius 3 is 1.92 bits per heavy atom. The fourth-order valence-electron chi connectivity index (χ4n) is 4.23. The van der Waals surface area contributed by atoms with Gasteiger partial charge in [-0.25, -0.2) is 0 Å². The summed E-state index contributed by atoms with van der Waals surface area (Å²) >= 11 is 0. The van der Waals surface area contributed by atoms with Crippen LogP contribution in [0.1, 0.15) is 19.3 Å². The molecule has 3 heterocycles. The number of nitrogens with zero attached hydrogens (tertiary/aromatic N) is 6. The maximum atomic E-state index is 8.98. The zero-order valence-electron chi connectivity index (χ0n) is 16.1. The number of nitriles is 1. The van der Waals surface area contributed by atoms with Crippen LogP contribution >= 0.6 is 0 Å². The van der Waals surface area contributed by atoms with Crippen molar-refractivity contribution in [2.45, 2.75) is 19.3 Å². The summed E-state index contributed by atoms with van der Waals surface area (Å²) in [6.07, 6.45) is 3.41. The summed E-state index contributed by atoms with van der Waals surface area (Å²) in [5, 5.41) is 8.98. The van der Waals surface area contributed by atoms with Gasteiger partial charge in [-0.15, -0.1) is 0 Å². The quantitative estimate of drug-likeness (QED) is 0.665. The van der Waals surface area contributed by atoms with E-state index in [9.17, 15) is 0 Å². The summed E-state index contributed by atoms with van der Waals surface area (Å²) in [4.78, 5) is 12.8. The molecule has 3 aliphatic rings. The molecule has 3 saturated heterocycles. The van der Waals surface area contributed by atoms with E-state index in [0.29, 0.717) is 5.92 Å². The van der Waals surface area contributed by atoms with Crippen LogP contribution in [-0.2, 0) is 0 Å². The molecular weight excluding hydrogens is 312 g/mol. The molecule has 3 aliphatic heterocycles. The van der Waals surface area contributed by atoms with Gasteiger partial charge in [0.25, 0.3) is 0 Å². The molecule has 6 heteroatoms. The monoisotopic (exact) mass is 348 g/mol. The second-order valence-electron chi connectivity index (χ2n) is 8.12. The van der Waals surface area contributed by atoms with Crippen molar-refractivity contribution < 1.29 is 0 Å². The van der Waals surface area contributed by atoms with Gasteiger partial charge < -0.3 is 9.80 Å². The maximum Gasteiger partial charge on any atom is 0.0656 e. The second-order valence-corrected chi connectivity index (χ2v) is 8.12. The molecule has 0 radical (unpaired) electrons. The molecule has 0 aromatic rings. The van der Waals surface area contributed by atoms with Crippen molar-refractivity contribution in [3.63, 3.8) is 0 Å². The Balaban J connectivity index is 1.23. The lowest BCUT2D eigenvalue weighted by Gasteiger charge is -2.33. The molecule has 0 aromatic carbocycles. The molecule has 0 aliphatic carbocycles. The summed E-state index contributed by atoms with van der Waals surface area (Å²) < 4.78 is 0. The van der Waals surface area contributed by atoms with Crippen molar-refractivity contribution in [2.75, 3.05) is 92.3 Å². The smallest absolute Gasteiger partial charge is 0.0656 e. The molecule has 0 bridgehead atoms. The number of piperidine rings is 1. The van der Waals surface area contributed by atoms with Gasteiger partial charge in [0.2, 0.25) is 0 Å². The molecule has 25 heavy (non-hydrogen) atoms. The first-order chi connectivity index (χ1) is 12.2. The number of hydrogen-bond acceptors (Lipinski definition) is 6. The van der Waals surface area contributed by atoms with Gasteiger partial charge in [0.1, 0.15) is 0 Å². The van der Waals surface area contributed by atoms with Crippen LogP contribution in [0.2, 0.25) is 0 Å². The Morgan fingerprint density at radius 1 is 0.720 bits per heavy atom. The summed E-state index contributed by atoms with van der Waals surface area (Å²) in [5.41, 5.74) is 0. The molecule has 142 valence electrons. The molecule has 0 saturated carbocycles. The van der Waals surface area contributed by atoms with Gasteiger partial charge in [0.05, 0.1) is 12.7 Å². The average molecular weight is 349 g/mol. The number of likely N-dealkylation sites (N-methyl/N-ethyl adjacent to an activating group) is 1. The average Bonchev–Trinajstić information content (AvgIpc) is 3.10. The van der Waals surface area contributed by atoms with Gasteiger partial charge in [0.15, 0.2) is 0 Å². The molecule has 0 N–H and O–H groups in total. The molecule has 0 atom stereocenters. The van der Waals surface area contributed by atoms with Crippen molar-refractivity contribution in [1.82, 2.24) is 24.5 Å². The number of rotatable bonds is 7. The van der Waals surface area contributed by atoms with E-state index in [2.05, 4.69) is 37.6 Å². The van der Waals surface area contributed by atoms with E-state index < -0.39 is 0 Å². The third kappa shape index (κ3) is 6.19. The molecule has 6 nitrogen and oxygen atoms in total. The summed E-state index contributed by atoms with van der Waals surface area (Å²) in [5.74, 6) is 0.309. The Labute approximate surface area is 153 Å². The van der Waals surface area contributed by atoms with Crippen LogP contribution in [0.15, 0.2) is 0 Å². The zero-order valence-corrected chi connectivity index (χ0v) is 16.1. The normalized spacial score (nSPS) is 26.2. The van der Waals surface area contributed by atoms with E-state index >= 15 is 0 Å². The third-order valence-corrected chi connectivity index (χ3v) is 6.18. The number of likely N-dealkylation sites (tertiary alicyclic amines) is 1. The van der Waals surface area contributed by atoms with Gasteiger partial charge in [-0.1, -0.05) is 0 Å². The van der Waals surface area contributed by atoms with Crippen molar-refractivity contribution >= 4 is 0 Å². The SMILES string of the molecule is CN1CCN(CCN2CCN(CCCN3CCC(C#N)CC3)C2)CC1. The van der Waals surface area contributed by atoms with Crippen LogP contribution < -0.4 is 0 Å². The van der Waals surface area contributed by atoms with Gasteiger partial charge in [-0.2, -0.15) is 5.26 Å². The fraction of sp³-hybridized carbons (Fsp3) is 0.947. The van der Waals surface area contributed by atoms with Crippen molar-refractivity contribution in [3.8, 4) is 6.07 Å². The van der Waals surface area contributed by atoms with E-state index in [4.69, 9.17) is 5.26 Å². The number of hydrogen-bond donors (Lipinski definition) is 0. The molecule has 0 amide bonds. The Hall–Kier alpha value is -0.710. The first kappa shape index (κ1) is 19.1. The van der Waals surface area contributed by atoms with Crippen molar-refractivity contribution in [3.05, 3.63) is 0 Å². The molecule has 0 unspecified atom stereocenters. The van der Waals surface area contributed by atoms with E-state index in [-0.39, 0.29) is 0 Å². The minimum atomic E-state index is 0.309. The van der Waals surface area contributed by atoms with Crippen LogP contribution in [0.5, 0.6) is 0 Å². The van der Waals surface area contributed by atoms with Crippen LogP contribution in [0.4, 0.5) is 0 Å². The van der Waals surface area contributed by atoms with Crippen LogP contribution in [-0.4, -0.2) is 117 Å². The molecule has 3 fully saturated rings. The first-order valence-corrected chi connectivity index (χ1v) is 10.2. The highest BCUT2D eigenvalue weighted by Crippen LogP contribution is 2.16. The highest BCUT2D eigenvalue weighted by Gasteiger charge is 2.22. The van der Waals surface area contributed by atoms with Crippen LogP contribution in [0.25, 0.3) is 0 Å². The maximum absolute atomic E-state index is 8.98.